The summed E-state index contributed by atoms with van der Waals surface area (Å²) in [6, 6.07) is 12.7. The van der Waals surface area contributed by atoms with Crippen LogP contribution in [0.5, 0.6) is 5.75 Å². The Kier molecular flexibility index (Phi) is 3.76. The first kappa shape index (κ1) is 13.4. The SMILES string of the molecule is CCc1ccc(S(=O)(=O)Nc2cccc(O)c2)cc1. The van der Waals surface area contributed by atoms with Gasteiger partial charge in [0.15, 0.2) is 0 Å². The fraction of sp³-hybridized carbons (Fsp3) is 0.143. The summed E-state index contributed by atoms with van der Waals surface area (Å²) in [6.07, 6.45) is 0.861. The topological polar surface area (TPSA) is 66.4 Å². The summed E-state index contributed by atoms with van der Waals surface area (Å²) < 4.78 is 26.7. The zero-order valence-corrected chi connectivity index (χ0v) is 11.3. The molecule has 5 heteroatoms. The highest BCUT2D eigenvalue weighted by Gasteiger charge is 2.13. The van der Waals surface area contributed by atoms with Crippen LogP contribution in [0.25, 0.3) is 0 Å². The van der Waals surface area contributed by atoms with Gasteiger partial charge >= 0.3 is 0 Å². The number of rotatable bonds is 4. The van der Waals surface area contributed by atoms with E-state index in [9.17, 15) is 13.5 Å². The molecule has 0 saturated heterocycles. The maximum absolute atomic E-state index is 12.1. The van der Waals surface area contributed by atoms with Crippen LogP contribution in [-0.4, -0.2) is 13.5 Å². The van der Waals surface area contributed by atoms with Crippen molar-refractivity contribution in [3.8, 4) is 5.75 Å². The average Bonchev–Trinajstić information content (AvgIpc) is 2.38. The molecule has 0 radical (unpaired) electrons. The lowest BCUT2D eigenvalue weighted by atomic mass is 10.2. The van der Waals surface area contributed by atoms with Gasteiger partial charge in [-0.1, -0.05) is 25.1 Å². The number of benzene rings is 2. The predicted molar refractivity (Wildman–Crippen MR) is 74.7 cm³/mol. The van der Waals surface area contributed by atoms with Crippen LogP contribution in [0.2, 0.25) is 0 Å². The third-order valence-electron chi connectivity index (χ3n) is 2.74. The summed E-state index contributed by atoms with van der Waals surface area (Å²) in [6.45, 7) is 2.01. The van der Waals surface area contributed by atoms with Crippen LogP contribution in [0.1, 0.15) is 12.5 Å². The monoisotopic (exact) mass is 277 g/mol. The molecule has 0 heterocycles. The molecule has 2 aromatic rings. The Morgan fingerprint density at radius 3 is 2.37 bits per heavy atom. The van der Waals surface area contributed by atoms with Crippen molar-refractivity contribution < 1.29 is 13.5 Å². The molecule has 0 aliphatic heterocycles. The summed E-state index contributed by atoms with van der Waals surface area (Å²) in [4.78, 5) is 0.202. The number of phenolic OH excluding ortho intramolecular Hbond substituents is 1. The highest BCUT2D eigenvalue weighted by atomic mass is 32.2. The van der Waals surface area contributed by atoms with Gasteiger partial charge in [0, 0.05) is 6.07 Å². The van der Waals surface area contributed by atoms with Gasteiger partial charge in [0.2, 0.25) is 0 Å². The summed E-state index contributed by atoms with van der Waals surface area (Å²) in [5, 5.41) is 9.31. The fourth-order valence-electron chi connectivity index (χ4n) is 1.69. The summed E-state index contributed by atoms with van der Waals surface area (Å²) >= 11 is 0. The van der Waals surface area contributed by atoms with Gasteiger partial charge in [0.05, 0.1) is 10.6 Å². The molecular weight excluding hydrogens is 262 g/mol. The van der Waals surface area contributed by atoms with Gasteiger partial charge in [-0.2, -0.15) is 0 Å². The van der Waals surface area contributed by atoms with Crippen LogP contribution in [0.3, 0.4) is 0 Å². The van der Waals surface area contributed by atoms with Gasteiger partial charge < -0.3 is 5.11 Å². The first-order valence-corrected chi connectivity index (χ1v) is 7.40. The molecule has 0 aliphatic rings. The average molecular weight is 277 g/mol. The normalized spacial score (nSPS) is 11.2. The van der Waals surface area contributed by atoms with Crippen LogP contribution < -0.4 is 4.72 Å². The first-order chi connectivity index (χ1) is 9.01. The molecule has 19 heavy (non-hydrogen) atoms. The Balaban J connectivity index is 2.27. The molecule has 4 nitrogen and oxygen atoms in total. The van der Waals surface area contributed by atoms with Crippen molar-refractivity contribution in [3.05, 3.63) is 54.1 Å². The largest absolute Gasteiger partial charge is 0.508 e. The van der Waals surface area contributed by atoms with Crippen molar-refractivity contribution in [2.24, 2.45) is 0 Å². The smallest absolute Gasteiger partial charge is 0.261 e. The van der Waals surface area contributed by atoms with Gasteiger partial charge in [-0.15, -0.1) is 0 Å². The lowest BCUT2D eigenvalue weighted by Gasteiger charge is -2.08. The van der Waals surface area contributed by atoms with Crippen LogP contribution in [0.4, 0.5) is 5.69 Å². The van der Waals surface area contributed by atoms with E-state index in [-0.39, 0.29) is 10.6 Å². The zero-order valence-electron chi connectivity index (χ0n) is 10.5. The lowest BCUT2D eigenvalue weighted by Crippen LogP contribution is -2.12. The lowest BCUT2D eigenvalue weighted by molar-refractivity contribution is 0.475. The van der Waals surface area contributed by atoms with E-state index < -0.39 is 10.0 Å². The molecule has 0 atom stereocenters. The van der Waals surface area contributed by atoms with Gasteiger partial charge in [-0.3, -0.25) is 4.72 Å². The van der Waals surface area contributed by atoms with Crippen molar-refractivity contribution in [3.63, 3.8) is 0 Å². The molecule has 0 aromatic heterocycles. The van der Waals surface area contributed by atoms with Crippen LogP contribution >= 0.6 is 0 Å². The minimum Gasteiger partial charge on any atom is -0.508 e. The molecule has 0 fully saturated rings. The quantitative estimate of drug-likeness (QED) is 0.903. The Hall–Kier alpha value is -2.01. The Morgan fingerprint density at radius 2 is 1.79 bits per heavy atom. The maximum atomic E-state index is 12.1. The molecule has 0 aliphatic carbocycles. The third kappa shape index (κ3) is 3.26. The summed E-state index contributed by atoms with van der Waals surface area (Å²) in [5.41, 5.74) is 1.41. The van der Waals surface area contributed by atoms with Crippen LogP contribution in [-0.2, 0) is 16.4 Å². The van der Waals surface area contributed by atoms with Crippen molar-refractivity contribution in [2.45, 2.75) is 18.2 Å². The van der Waals surface area contributed by atoms with Gasteiger partial charge in [0.25, 0.3) is 10.0 Å². The molecule has 100 valence electrons. The second-order valence-electron chi connectivity index (χ2n) is 4.15. The number of hydrogen-bond donors (Lipinski definition) is 2. The molecule has 0 spiro atoms. The maximum Gasteiger partial charge on any atom is 0.261 e. The van der Waals surface area contributed by atoms with E-state index in [2.05, 4.69) is 4.72 Å². The molecule has 2 rings (SSSR count). The first-order valence-electron chi connectivity index (χ1n) is 5.92. The minimum atomic E-state index is -3.62. The van der Waals surface area contributed by atoms with Gasteiger partial charge in [0.1, 0.15) is 5.75 Å². The molecule has 0 saturated carbocycles. The number of anilines is 1. The standard InChI is InChI=1S/C14H15NO3S/c1-2-11-6-8-14(9-7-11)19(17,18)15-12-4-3-5-13(16)10-12/h3-10,15-16H,2H2,1H3. The van der Waals surface area contributed by atoms with Crippen molar-refractivity contribution in [1.82, 2.24) is 0 Å². The zero-order chi connectivity index (χ0) is 13.9. The van der Waals surface area contributed by atoms with E-state index in [1.807, 2.05) is 6.92 Å². The Bertz CT molecular complexity index is 663. The van der Waals surface area contributed by atoms with E-state index >= 15 is 0 Å². The summed E-state index contributed by atoms with van der Waals surface area (Å²) in [7, 11) is -3.62. The van der Waals surface area contributed by atoms with E-state index in [4.69, 9.17) is 0 Å². The highest BCUT2D eigenvalue weighted by molar-refractivity contribution is 7.92. The number of phenols is 1. The predicted octanol–water partition coefficient (Wildman–Crippen LogP) is 2.76. The van der Waals surface area contributed by atoms with Gasteiger partial charge in [-0.05, 0) is 36.2 Å². The molecule has 2 N–H and O–H groups in total. The second-order valence-corrected chi connectivity index (χ2v) is 5.84. The van der Waals surface area contributed by atoms with Crippen LogP contribution in [0.15, 0.2) is 53.4 Å². The highest BCUT2D eigenvalue weighted by Crippen LogP contribution is 2.20. The number of hydrogen-bond acceptors (Lipinski definition) is 3. The number of aryl methyl sites for hydroxylation is 1. The Labute approximate surface area is 112 Å². The second kappa shape index (κ2) is 5.32. The molecule has 0 amide bonds. The van der Waals surface area contributed by atoms with Crippen molar-refractivity contribution >= 4 is 15.7 Å². The van der Waals surface area contributed by atoms with E-state index in [0.717, 1.165) is 12.0 Å². The minimum absolute atomic E-state index is 0.0153. The number of nitrogens with one attached hydrogen (secondary N) is 1. The van der Waals surface area contributed by atoms with E-state index in [1.165, 1.54) is 12.1 Å². The summed E-state index contributed by atoms with van der Waals surface area (Å²) in [5.74, 6) is 0.0153. The van der Waals surface area contributed by atoms with E-state index in [1.54, 1.807) is 36.4 Å². The Morgan fingerprint density at radius 1 is 1.11 bits per heavy atom. The van der Waals surface area contributed by atoms with Crippen molar-refractivity contribution in [2.75, 3.05) is 4.72 Å². The molecule has 0 unspecified atom stereocenters. The molecular formula is C14H15NO3S. The molecule has 0 bridgehead atoms. The molecule has 2 aromatic carbocycles. The van der Waals surface area contributed by atoms with Crippen LogP contribution in [0, 0.1) is 0 Å². The van der Waals surface area contributed by atoms with Crippen molar-refractivity contribution in [1.29, 1.82) is 0 Å². The number of sulfonamides is 1. The van der Waals surface area contributed by atoms with E-state index in [0.29, 0.717) is 5.69 Å². The number of aromatic hydroxyl groups is 1. The fourth-order valence-corrected chi connectivity index (χ4v) is 2.74. The van der Waals surface area contributed by atoms with Gasteiger partial charge in [-0.25, -0.2) is 8.42 Å². The third-order valence-corrected chi connectivity index (χ3v) is 4.14.